The highest BCUT2D eigenvalue weighted by molar-refractivity contribution is 5.53. The lowest BCUT2D eigenvalue weighted by molar-refractivity contribution is 0.505. The van der Waals surface area contributed by atoms with E-state index in [0.717, 1.165) is 18.8 Å². The second-order valence-electron chi connectivity index (χ2n) is 5.13. The van der Waals surface area contributed by atoms with E-state index in [4.69, 9.17) is 5.73 Å². The summed E-state index contributed by atoms with van der Waals surface area (Å²) in [5.74, 6) is 0.674. The summed E-state index contributed by atoms with van der Waals surface area (Å²) in [6.45, 7) is 2.22. The number of pyridine rings is 1. The molecular weight excluding hydrogens is 234 g/mol. The minimum Gasteiger partial charge on any atom is -0.399 e. The van der Waals surface area contributed by atoms with Crippen LogP contribution in [0, 0.1) is 0 Å². The Morgan fingerprint density at radius 3 is 2.21 bits per heavy atom. The summed E-state index contributed by atoms with van der Waals surface area (Å²) >= 11 is 0. The Bertz CT molecular complexity index is 513. The van der Waals surface area contributed by atoms with Crippen LogP contribution in [0.5, 0.6) is 0 Å². The topological polar surface area (TPSA) is 42.1 Å². The molecule has 3 heteroatoms. The van der Waals surface area contributed by atoms with Gasteiger partial charge in [0, 0.05) is 36.9 Å². The first-order chi connectivity index (χ1) is 9.33. The summed E-state index contributed by atoms with van der Waals surface area (Å²) < 4.78 is 0. The summed E-state index contributed by atoms with van der Waals surface area (Å²) in [5.41, 5.74) is 9.26. The van der Waals surface area contributed by atoms with Gasteiger partial charge in [-0.15, -0.1) is 0 Å². The summed E-state index contributed by atoms with van der Waals surface area (Å²) in [4.78, 5) is 6.53. The van der Waals surface area contributed by atoms with Crippen LogP contribution in [-0.2, 0) is 0 Å². The highest BCUT2D eigenvalue weighted by Gasteiger charge is 2.20. The molecule has 1 aliphatic heterocycles. The van der Waals surface area contributed by atoms with Crippen molar-refractivity contribution in [2.24, 2.45) is 0 Å². The largest absolute Gasteiger partial charge is 0.399 e. The van der Waals surface area contributed by atoms with Gasteiger partial charge in [-0.25, -0.2) is 0 Å². The van der Waals surface area contributed by atoms with Gasteiger partial charge < -0.3 is 10.6 Å². The lowest BCUT2D eigenvalue weighted by Gasteiger charge is -2.33. The first-order valence-electron chi connectivity index (χ1n) is 6.83. The molecule has 98 valence electrons. The summed E-state index contributed by atoms with van der Waals surface area (Å²) in [7, 11) is 0. The summed E-state index contributed by atoms with van der Waals surface area (Å²) in [6.07, 6.45) is 6.19. The standard InChI is InChI=1S/C16H19N3/c17-15-1-3-16(4-2-15)19-11-7-14(8-12-19)13-5-9-18-10-6-13/h1-6,9-10,14H,7-8,11-12,17H2. The molecule has 0 bridgehead atoms. The molecule has 1 aromatic heterocycles. The molecule has 3 nitrogen and oxygen atoms in total. The third-order valence-electron chi connectivity index (χ3n) is 3.93. The van der Waals surface area contributed by atoms with Gasteiger partial charge in [0.25, 0.3) is 0 Å². The van der Waals surface area contributed by atoms with Gasteiger partial charge in [-0.2, -0.15) is 0 Å². The normalized spacial score (nSPS) is 16.5. The molecule has 0 atom stereocenters. The number of piperidine rings is 1. The zero-order valence-corrected chi connectivity index (χ0v) is 11.0. The molecule has 19 heavy (non-hydrogen) atoms. The molecule has 0 saturated carbocycles. The maximum absolute atomic E-state index is 5.73. The van der Waals surface area contributed by atoms with Crippen molar-refractivity contribution in [2.75, 3.05) is 23.7 Å². The van der Waals surface area contributed by atoms with Gasteiger partial charge in [-0.1, -0.05) is 0 Å². The number of rotatable bonds is 2. The molecule has 3 rings (SSSR count). The van der Waals surface area contributed by atoms with Crippen molar-refractivity contribution in [2.45, 2.75) is 18.8 Å². The predicted octanol–water partition coefficient (Wildman–Crippen LogP) is 3.05. The number of nitrogens with two attached hydrogens (primary N) is 1. The fourth-order valence-electron chi connectivity index (χ4n) is 2.79. The average Bonchev–Trinajstić information content (AvgIpc) is 2.49. The number of benzene rings is 1. The molecule has 1 aliphatic rings. The van der Waals surface area contributed by atoms with Crippen molar-refractivity contribution in [1.29, 1.82) is 0 Å². The zero-order valence-electron chi connectivity index (χ0n) is 11.0. The Morgan fingerprint density at radius 2 is 1.58 bits per heavy atom. The van der Waals surface area contributed by atoms with E-state index in [1.165, 1.54) is 24.1 Å². The van der Waals surface area contributed by atoms with Crippen LogP contribution in [0.15, 0.2) is 48.8 Å². The van der Waals surface area contributed by atoms with Gasteiger partial charge in [-0.05, 0) is 60.7 Å². The van der Waals surface area contributed by atoms with Crippen molar-refractivity contribution in [3.8, 4) is 0 Å². The Balaban J connectivity index is 1.65. The molecule has 0 unspecified atom stereocenters. The van der Waals surface area contributed by atoms with Gasteiger partial charge in [0.15, 0.2) is 0 Å². The number of aromatic nitrogens is 1. The van der Waals surface area contributed by atoms with E-state index in [-0.39, 0.29) is 0 Å². The molecule has 0 aliphatic carbocycles. The number of hydrogen-bond acceptors (Lipinski definition) is 3. The van der Waals surface area contributed by atoms with Crippen LogP contribution in [0.4, 0.5) is 11.4 Å². The predicted molar refractivity (Wildman–Crippen MR) is 79.3 cm³/mol. The fourth-order valence-corrected chi connectivity index (χ4v) is 2.79. The smallest absolute Gasteiger partial charge is 0.0367 e. The first-order valence-corrected chi connectivity index (χ1v) is 6.83. The van der Waals surface area contributed by atoms with E-state index in [9.17, 15) is 0 Å². The Morgan fingerprint density at radius 1 is 0.947 bits per heavy atom. The number of anilines is 2. The second kappa shape index (κ2) is 5.31. The SMILES string of the molecule is Nc1ccc(N2CCC(c3ccncc3)CC2)cc1. The van der Waals surface area contributed by atoms with E-state index >= 15 is 0 Å². The van der Waals surface area contributed by atoms with Crippen LogP contribution in [0.1, 0.15) is 24.3 Å². The van der Waals surface area contributed by atoms with Crippen molar-refractivity contribution in [3.05, 3.63) is 54.4 Å². The summed E-state index contributed by atoms with van der Waals surface area (Å²) in [6, 6.07) is 12.5. The molecule has 2 heterocycles. The first kappa shape index (κ1) is 12.0. The van der Waals surface area contributed by atoms with Crippen molar-refractivity contribution < 1.29 is 0 Å². The monoisotopic (exact) mass is 253 g/mol. The number of hydrogen-bond donors (Lipinski definition) is 1. The van der Waals surface area contributed by atoms with E-state index < -0.39 is 0 Å². The molecule has 1 saturated heterocycles. The third kappa shape index (κ3) is 2.70. The van der Waals surface area contributed by atoms with Crippen LogP contribution >= 0.6 is 0 Å². The van der Waals surface area contributed by atoms with Crippen molar-refractivity contribution in [1.82, 2.24) is 4.98 Å². The van der Waals surface area contributed by atoms with E-state index in [2.05, 4.69) is 34.1 Å². The maximum atomic E-state index is 5.73. The lowest BCUT2D eigenvalue weighted by atomic mass is 9.90. The van der Waals surface area contributed by atoms with Crippen molar-refractivity contribution in [3.63, 3.8) is 0 Å². The minimum atomic E-state index is 0.674. The Hall–Kier alpha value is -2.03. The Kier molecular flexibility index (Phi) is 3.36. The molecule has 2 N–H and O–H groups in total. The molecular formula is C16H19N3. The van der Waals surface area contributed by atoms with Crippen LogP contribution in [0.2, 0.25) is 0 Å². The fraction of sp³-hybridized carbons (Fsp3) is 0.312. The van der Waals surface area contributed by atoms with E-state index in [1.807, 2.05) is 24.5 Å². The van der Waals surface area contributed by atoms with Gasteiger partial charge >= 0.3 is 0 Å². The lowest BCUT2D eigenvalue weighted by Crippen LogP contribution is -2.32. The Labute approximate surface area is 114 Å². The number of nitrogens with zero attached hydrogens (tertiary/aromatic N) is 2. The molecule has 0 spiro atoms. The van der Waals surface area contributed by atoms with Crippen LogP contribution in [0.25, 0.3) is 0 Å². The third-order valence-corrected chi connectivity index (χ3v) is 3.93. The number of nitrogen functional groups attached to an aromatic ring is 1. The molecule has 1 fully saturated rings. The van der Waals surface area contributed by atoms with Gasteiger partial charge in [0.2, 0.25) is 0 Å². The van der Waals surface area contributed by atoms with Gasteiger partial charge in [0.1, 0.15) is 0 Å². The van der Waals surface area contributed by atoms with E-state index in [0.29, 0.717) is 5.92 Å². The highest BCUT2D eigenvalue weighted by Crippen LogP contribution is 2.30. The average molecular weight is 253 g/mol. The minimum absolute atomic E-state index is 0.674. The van der Waals surface area contributed by atoms with Crippen LogP contribution in [0.3, 0.4) is 0 Å². The second-order valence-corrected chi connectivity index (χ2v) is 5.13. The molecule has 2 aromatic rings. The maximum Gasteiger partial charge on any atom is 0.0367 e. The van der Waals surface area contributed by atoms with Crippen LogP contribution < -0.4 is 10.6 Å². The van der Waals surface area contributed by atoms with E-state index in [1.54, 1.807) is 0 Å². The summed E-state index contributed by atoms with van der Waals surface area (Å²) in [5, 5.41) is 0. The highest BCUT2D eigenvalue weighted by atomic mass is 15.1. The van der Waals surface area contributed by atoms with Crippen molar-refractivity contribution >= 4 is 11.4 Å². The van der Waals surface area contributed by atoms with Gasteiger partial charge in [-0.3, -0.25) is 4.98 Å². The molecule has 0 amide bonds. The quantitative estimate of drug-likeness (QED) is 0.836. The van der Waals surface area contributed by atoms with Gasteiger partial charge in [0.05, 0.1) is 0 Å². The zero-order chi connectivity index (χ0) is 13.1. The molecule has 0 radical (unpaired) electrons. The van der Waals surface area contributed by atoms with Crippen LogP contribution in [-0.4, -0.2) is 18.1 Å². The molecule has 1 aromatic carbocycles.